The quantitative estimate of drug-likeness (QED) is 0.718. The van der Waals surface area contributed by atoms with Crippen molar-refractivity contribution in [2.45, 2.75) is 25.9 Å². The summed E-state index contributed by atoms with van der Waals surface area (Å²) >= 11 is 0. The zero-order valence-corrected chi connectivity index (χ0v) is 13.6. The highest BCUT2D eigenvalue weighted by atomic mass is 19.4. The second-order valence-electron chi connectivity index (χ2n) is 6.16. The Morgan fingerprint density at radius 3 is 2.64 bits per heavy atom. The van der Waals surface area contributed by atoms with E-state index in [1.807, 2.05) is 13.0 Å². The molecular formula is C19H16F3N3. The van der Waals surface area contributed by atoms with Gasteiger partial charge in [-0.15, -0.1) is 0 Å². The van der Waals surface area contributed by atoms with Crippen LogP contribution in [0.5, 0.6) is 0 Å². The number of nitrogens with zero attached hydrogens (tertiary/aromatic N) is 3. The van der Waals surface area contributed by atoms with Crippen LogP contribution >= 0.6 is 0 Å². The number of hydrogen-bond donors (Lipinski definition) is 0. The van der Waals surface area contributed by atoms with Crippen molar-refractivity contribution in [3.05, 3.63) is 66.2 Å². The van der Waals surface area contributed by atoms with Crippen LogP contribution in [0.2, 0.25) is 0 Å². The molecule has 2 aromatic rings. The first-order valence-electron chi connectivity index (χ1n) is 7.78. The summed E-state index contributed by atoms with van der Waals surface area (Å²) in [7, 11) is 0. The van der Waals surface area contributed by atoms with E-state index < -0.39 is 17.3 Å². The van der Waals surface area contributed by atoms with Gasteiger partial charge >= 0.3 is 6.18 Å². The van der Waals surface area contributed by atoms with Gasteiger partial charge in [-0.05, 0) is 48.6 Å². The van der Waals surface area contributed by atoms with Gasteiger partial charge in [-0.25, -0.2) is 4.98 Å². The molecule has 0 radical (unpaired) electrons. The lowest BCUT2D eigenvalue weighted by molar-refractivity contribution is -0.141. The summed E-state index contributed by atoms with van der Waals surface area (Å²) in [6, 6.07) is 5.59. The first kappa shape index (κ1) is 17.0. The van der Waals surface area contributed by atoms with Gasteiger partial charge in [0.05, 0.1) is 17.7 Å². The van der Waals surface area contributed by atoms with E-state index in [1.54, 1.807) is 24.3 Å². The molecule has 1 fully saturated rings. The van der Waals surface area contributed by atoms with Crippen LogP contribution in [0.25, 0.3) is 11.2 Å². The number of nitriles is 1. The molecule has 3 rings (SSSR count). The summed E-state index contributed by atoms with van der Waals surface area (Å²) in [5.74, 6) is 0. The summed E-state index contributed by atoms with van der Waals surface area (Å²) < 4.78 is 40.1. The van der Waals surface area contributed by atoms with Crippen LogP contribution in [-0.4, -0.2) is 9.38 Å². The Morgan fingerprint density at radius 2 is 2.08 bits per heavy atom. The van der Waals surface area contributed by atoms with Gasteiger partial charge in [-0.1, -0.05) is 24.8 Å². The lowest BCUT2D eigenvalue weighted by Gasteiger charge is -2.08. The van der Waals surface area contributed by atoms with Gasteiger partial charge in [0.25, 0.3) is 0 Å². The molecule has 1 aliphatic carbocycles. The molecule has 2 aromatic heterocycles. The molecule has 2 heterocycles. The topological polar surface area (TPSA) is 41.1 Å². The lowest BCUT2D eigenvalue weighted by Crippen LogP contribution is -2.08. The standard InChI is InChI=1S/C19H16F3N3/c1-3-15(18(12-23)8-9-18)6-4-13(2)14-5-7-17-24-10-16(19(20,21)22)25(17)11-14/h3-7,10-11H,1,8-9H2,2H3/b13-4+,15-6+. The molecule has 0 saturated heterocycles. The van der Waals surface area contributed by atoms with Crippen molar-refractivity contribution < 1.29 is 13.2 Å². The number of rotatable bonds is 4. The van der Waals surface area contributed by atoms with Crippen molar-refractivity contribution in [1.82, 2.24) is 9.38 Å². The third kappa shape index (κ3) is 3.10. The molecule has 128 valence electrons. The molecule has 0 spiro atoms. The van der Waals surface area contributed by atoms with Crippen LogP contribution in [0.15, 0.2) is 54.9 Å². The van der Waals surface area contributed by atoms with Crippen LogP contribution in [0.1, 0.15) is 31.0 Å². The smallest absolute Gasteiger partial charge is 0.295 e. The largest absolute Gasteiger partial charge is 0.433 e. The first-order chi connectivity index (χ1) is 11.8. The molecule has 0 atom stereocenters. The van der Waals surface area contributed by atoms with Gasteiger partial charge in [0.2, 0.25) is 0 Å². The number of fused-ring (bicyclic) bond motifs is 1. The van der Waals surface area contributed by atoms with Crippen molar-refractivity contribution in [1.29, 1.82) is 5.26 Å². The number of hydrogen-bond acceptors (Lipinski definition) is 2. The third-order valence-corrected chi connectivity index (χ3v) is 4.50. The van der Waals surface area contributed by atoms with Gasteiger partial charge in [0, 0.05) is 6.20 Å². The van der Waals surface area contributed by atoms with E-state index in [9.17, 15) is 18.4 Å². The number of halogens is 3. The summed E-state index contributed by atoms with van der Waals surface area (Å²) in [6.07, 6.45) is 4.71. The van der Waals surface area contributed by atoms with Crippen LogP contribution in [0.4, 0.5) is 13.2 Å². The Labute approximate surface area is 143 Å². The summed E-state index contributed by atoms with van der Waals surface area (Å²) in [4.78, 5) is 3.79. The molecule has 1 saturated carbocycles. The molecule has 25 heavy (non-hydrogen) atoms. The molecule has 0 unspecified atom stereocenters. The van der Waals surface area contributed by atoms with Gasteiger partial charge in [-0.2, -0.15) is 18.4 Å². The predicted molar refractivity (Wildman–Crippen MR) is 89.4 cm³/mol. The highest BCUT2D eigenvalue weighted by Crippen LogP contribution is 2.51. The van der Waals surface area contributed by atoms with Crippen LogP contribution < -0.4 is 0 Å². The van der Waals surface area contributed by atoms with Crippen LogP contribution in [0.3, 0.4) is 0 Å². The summed E-state index contributed by atoms with van der Waals surface area (Å²) in [5.41, 5.74) is 1.27. The van der Waals surface area contributed by atoms with Crippen molar-refractivity contribution in [3.8, 4) is 6.07 Å². The molecule has 1 aliphatic rings. The molecule has 6 heteroatoms. The fourth-order valence-corrected chi connectivity index (χ4v) is 2.75. The highest BCUT2D eigenvalue weighted by Gasteiger charge is 2.45. The third-order valence-electron chi connectivity index (χ3n) is 4.50. The van der Waals surface area contributed by atoms with Crippen LogP contribution in [-0.2, 0) is 6.18 Å². The highest BCUT2D eigenvalue weighted by molar-refractivity contribution is 5.66. The van der Waals surface area contributed by atoms with Crippen molar-refractivity contribution in [2.24, 2.45) is 5.41 Å². The van der Waals surface area contributed by atoms with E-state index in [4.69, 9.17) is 0 Å². The minimum atomic E-state index is -4.46. The van der Waals surface area contributed by atoms with E-state index in [0.29, 0.717) is 5.56 Å². The summed E-state index contributed by atoms with van der Waals surface area (Å²) in [5, 5.41) is 9.27. The van der Waals surface area contributed by atoms with Crippen molar-refractivity contribution in [2.75, 3.05) is 0 Å². The van der Waals surface area contributed by atoms with Crippen molar-refractivity contribution >= 4 is 11.2 Å². The Kier molecular flexibility index (Phi) is 4.03. The number of allylic oxidation sites excluding steroid dienone is 5. The monoisotopic (exact) mass is 343 g/mol. The van der Waals surface area contributed by atoms with Crippen LogP contribution in [0, 0.1) is 16.7 Å². The molecule has 0 aromatic carbocycles. The van der Waals surface area contributed by atoms with E-state index in [2.05, 4.69) is 17.6 Å². The molecule has 0 amide bonds. The Morgan fingerprint density at radius 1 is 1.36 bits per heavy atom. The number of imidazole rings is 1. The maximum atomic E-state index is 13.0. The molecule has 0 bridgehead atoms. The predicted octanol–water partition coefficient (Wildman–Crippen LogP) is 5.17. The van der Waals surface area contributed by atoms with E-state index >= 15 is 0 Å². The zero-order chi connectivity index (χ0) is 18.2. The lowest BCUT2D eigenvalue weighted by atomic mass is 9.96. The minimum Gasteiger partial charge on any atom is -0.295 e. The Hall–Kier alpha value is -2.81. The van der Waals surface area contributed by atoms with Gasteiger partial charge in [0.15, 0.2) is 0 Å². The normalized spacial score (nSPS) is 17.4. The van der Waals surface area contributed by atoms with Gasteiger partial charge in [0.1, 0.15) is 11.3 Å². The van der Waals surface area contributed by atoms with Crippen molar-refractivity contribution in [3.63, 3.8) is 0 Å². The van der Waals surface area contributed by atoms with Gasteiger partial charge < -0.3 is 0 Å². The number of alkyl halides is 3. The average molecular weight is 343 g/mol. The van der Waals surface area contributed by atoms with E-state index in [1.165, 1.54) is 6.20 Å². The fourth-order valence-electron chi connectivity index (χ4n) is 2.75. The second kappa shape index (κ2) is 5.92. The summed E-state index contributed by atoms with van der Waals surface area (Å²) in [6.45, 7) is 5.57. The molecule has 0 N–H and O–H groups in total. The van der Waals surface area contributed by atoms with E-state index in [0.717, 1.165) is 34.6 Å². The van der Waals surface area contributed by atoms with E-state index in [-0.39, 0.29) is 5.65 Å². The molecule has 3 nitrogen and oxygen atoms in total. The number of aromatic nitrogens is 2. The Bertz CT molecular complexity index is 935. The minimum absolute atomic E-state index is 0.243. The fraction of sp³-hybridized carbons (Fsp3) is 0.263. The first-order valence-corrected chi connectivity index (χ1v) is 7.78. The Balaban J connectivity index is 1.98. The maximum Gasteiger partial charge on any atom is 0.433 e. The molecular weight excluding hydrogens is 327 g/mol. The second-order valence-corrected chi connectivity index (χ2v) is 6.16. The zero-order valence-electron chi connectivity index (χ0n) is 13.6. The SMILES string of the molecule is C=C/C(=C\C=C(/C)c1ccc2ncc(C(F)(F)F)n2c1)C1(C#N)CC1. The maximum absolute atomic E-state index is 13.0. The molecule has 0 aliphatic heterocycles. The van der Waals surface area contributed by atoms with Gasteiger partial charge in [-0.3, -0.25) is 4.40 Å². The number of pyridine rings is 1. The average Bonchev–Trinajstić information content (AvgIpc) is 3.24.